The molecule has 0 heterocycles. The molecular formula is C18H20INO2S. The molecule has 5 heteroatoms. The third kappa shape index (κ3) is 6.43. The molecule has 0 saturated heterocycles. The van der Waals surface area contributed by atoms with E-state index in [4.69, 9.17) is 4.74 Å². The Hall–Kier alpha value is -1.21. The largest absolute Gasteiger partial charge is 0.483 e. The Balaban J connectivity index is 1.80. The molecule has 0 saturated carbocycles. The van der Waals surface area contributed by atoms with E-state index < -0.39 is 0 Å². The monoisotopic (exact) mass is 441 g/mol. The van der Waals surface area contributed by atoms with Crippen LogP contribution in [-0.4, -0.2) is 18.3 Å². The molecule has 23 heavy (non-hydrogen) atoms. The van der Waals surface area contributed by atoms with Gasteiger partial charge in [0.05, 0.1) is 3.57 Å². The van der Waals surface area contributed by atoms with Crippen molar-refractivity contribution in [3.63, 3.8) is 0 Å². The normalized spacial score (nSPS) is 10.3. The molecule has 3 nitrogen and oxygen atoms in total. The van der Waals surface area contributed by atoms with Gasteiger partial charge in [-0.3, -0.25) is 4.79 Å². The first-order valence-electron chi connectivity index (χ1n) is 7.59. The minimum atomic E-state index is -0.156. The van der Waals surface area contributed by atoms with Crippen LogP contribution in [0, 0.1) is 3.57 Å². The number of benzene rings is 2. The summed E-state index contributed by atoms with van der Waals surface area (Å²) >= 11 is 4.03. The molecule has 2 rings (SSSR count). The highest BCUT2D eigenvalue weighted by Gasteiger charge is 2.06. The van der Waals surface area contributed by atoms with Gasteiger partial charge < -0.3 is 10.1 Å². The molecule has 1 amide bonds. The first-order chi connectivity index (χ1) is 11.2. The minimum Gasteiger partial charge on any atom is -0.483 e. The maximum atomic E-state index is 11.9. The van der Waals surface area contributed by atoms with Crippen LogP contribution in [0.1, 0.15) is 19.8 Å². The summed E-state index contributed by atoms with van der Waals surface area (Å²) in [7, 11) is 0. The number of thioether (sulfide) groups is 1. The summed E-state index contributed by atoms with van der Waals surface area (Å²) in [5.41, 5.74) is 0.793. The fraction of sp³-hybridized carbons (Fsp3) is 0.278. The summed E-state index contributed by atoms with van der Waals surface area (Å²) in [6.45, 7) is 2.20. The highest BCUT2D eigenvalue weighted by Crippen LogP contribution is 2.22. The molecule has 0 unspecified atom stereocenters. The van der Waals surface area contributed by atoms with Gasteiger partial charge in [-0.15, -0.1) is 11.8 Å². The number of carbonyl (C=O) groups excluding carboxylic acids is 1. The smallest absolute Gasteiger partial charge is 0.262 e. The highest BCUT2D eigenvalue weighted by atomic mass is 127. The van der Waals surface area contributed by atoms with E-state index in [2.05, 4.69) is 34.8 Å². The second-order valence-corrected chi connectivity index (χ2v) is 7.32. The summed E-state index contributed by atoms with van der Waals surface area (Å²) in [4.78, 5) is 13.2. The van der Waals surface area contributed by atoms with E-state index in [1.807, 2.05) is 60.3 Å². The van der Waals surface area contributed by atoms with Gasteiger partial charge in [-0.05, 0) is 71.2 Å². The van der Waals surface area contributed by atoms with E-state index in [0.717, 1.165) is 20.8 Å². The Morgan fingerprint density at radius 2 is 1.91 bits per heavy atom. The summed E-state index contributed by atoms with van der Waals surface area (Å²) in [5, 5.41) is 2.85. The second kappa shape index (κ2) is 9.82. The molecular weight excluding hydrogens is 421 g/mol. The van der Waals surface area contributed by atoms with Crippen molar-refractivity contribution in [1.29, 1.82) is 0 Å². The molecule has 2 aromatic rings. The molecule has 0 aliphatic heterocycles. The maximum Gasteiger partial charge on any atom is 0.262 e. The van der Waals surface area contributed by atoms with Crippen LogP contribution in [0.5, 0.6) is 5.75 Å². The van der Waals surface area contributed by atoms with Crippen LogP contribution < -0.4 is 10.1 Å². The minimum absolute atomic E-state index is 0.00696. The number of nitrogens with one attached hydrogen (secondary N) is 1. The van der Waals surface area contributed by atoms with E-state index in [-0.39, 0.29) is 12.5 Å². The first kappa shape index (κ1) is 18.1. The van der Waals surface area contributed by atoms with Gasteiger partial charge in [-0.1, -0.05) is 25.5 Å². The highest BCUT2D eigenvalue weighted by molar-refractivity contribution is 14.1. The Bertz CT molecular complexity index is 631. The summed E-state index contributed by atoms with van der Waals surface area (Å²) in [6.07, 6.45) is 2.43. The molecule has 0 radical (unpaired) electrons. The number of amides is 1. The number of unbranched alkanes of at least 4 members (excludes halogenated alkanes) is 1. The lowest BCUT2D eigenvalue weighted by molar-refractivity contribution is -0.118. The average Bonchev–Trinajstić information content (AvgIpc) is 2.56. The van der Waals surface area contributed by atoms with Crippen LogP contribution >= 0.6 is 34.4 Å². The van der Waals surface area contributed by atoms with Crippen LogP contribution in [-0.2, 0) is 4.79 Å². The lowest BCUT2D eigenvalue weighted by Gasteiger charge is -2.09. The zero-order chi connectivity index (χ0) is 16.5. The molecule has 122 valence electrons. The number of rotatable bonds is 8. The topological polar surface area (TPSA) is 38.3 Å². The number of hydrogen-bond acceptors (Lipinski definition) is 3. The van der Waals surface area contributed by atoms with Crippen molar-refractivity contribution in [1.82, 2.24) is 0 Å². The maximum absolute atomic E-state index is 11.9. The van der Waals surface area contributed by atoms with Crippen molar-refractivity contribution >= 4 is 45.9 Å². The van der Waals surface area contributed by atoms with Gasteiger partial charge in [0.1, 0.15) is 5.75 Å². The lowest BCUT2D eigenvalue weighted by atomic mass is 10.3. The zero-order valence-corrected chi connectivity index (χ0v) is 16.0. The van der Waals surface area contributed by atoms with E-state index in [0.29, 0.717) is 0 Å². The van der Waals surface area contributed by atoms with Crippen LogP contribution in [0.15, 0.2) is 53.4 Å². The molecule has 0 aliphatic rings. The number of anilines is 1. The fourth-order valence-corrected chi connectivity index (χ4v) is 3.41. The third-order valence-corrected chi connectivity index (χ3v) is 5.09. The number of para-hydroxylation sites is 1. The van der Waals surface area contributed by atoms with Crippen molar-refractivity contribution in [2.24, 2.45) is 0 Å². The predicted octanol–water partition coefficient (Wildman–Crippen LogP) is 5.20. The average molecular weight is 441 g/mol. The van der Waals surface area contributed by atoms with Gasteiger partial charge in [-0.2, -0.15) is 0 Å². The quantitative estimate of drug-likeness (QED) is 0.348. The molecule has 0 bridgehead atoms. The molecule has 0 aliphatic carbocycles. The van der Waals surface area contributed by atoms with Crippen LogP contribution in [0.25, 0.3) is 0 Å². The first-order valence-corrected chi connectivity index (χ1v) is 9.65. The van der Waals surface area contributed by atoms with Gasteiger partial charge in [-0.25, -0.2) is 0 Å². The summed E-state index contributed by atoms with van der Waals surface area (Å²) < 4.78 is 6.53. The number of ether oxygens (including phenoxy) is 1. The molecule has 0 aromatic heterocycles. The van der Waals surface area contributed by atoms with E-state index in [1.165, 1.54) is 17.7 Å². The van der Waals surface area contributed by atoms with E-state index >= 15 is 0 Å². The summed E-state index contributed by atoms with van der Waals surface area (Å²) in [5.74, 6) is 1.70. The van der Waals surface area contributed by atoms with Crippen LogP contribution in [0.4, 0.5) is 5.69 Å². The van der Waals surface area contributed by atoms with Crippen molar-refractivity contribution in [2.45, 2.75) is 24.7 Å². The van der Waals surface area contributed by atoms with Gasteiger partial charge in [0, 0.05) is 10.6 Å². The van der Waals surface area contributed by atoms with Gasteiger partial charge in [0.15, 0.2) is 6.61 Å². The molecule has 2 aromatic carbocycles. The standard InChI is InChI=1S/C18H20INO2S/c1-2-3-12-23-15-10-8-14(9-11-15)20-18(21)13-22-17-7-5-4-6-16(17)19/h4-11H,2-3,12-13H2,1H3,(H,20,21). The zero-order valence-electron chi connectivity index (χ0n) is 13.0. The molecule has 0 spiro atoms. The molecule has 0 atom stereocenters. The predicted molar refractivity (Wildman–Crippen MR) is 105 cm³/mol. The summed E-state index contributed by atoms with van der Waals surface area (Å²) in [6, 6.07) is 15.6. The fourth-order valence-electron chi connectivity index (χ4n) is 1.87. The molecule has 0 fully saturated rings. The van der Waals surface area contributed by atoms with Crippen molar-refractivity contribution < 1.29 is 9.53 Å². The molecule has 1 N–H and O–H groups in total. The Kier molecular flexibility index (Phi) is 7.74. The van der Waals surface area contributed by atoms with Crippen LogP contribution in [0.2, 0.25) is 0 Å². The SMILES string of the molecule is CCCCSc1ccc(NC(=O)COc2ccccc2I)cc1. The Labute approximate surface area is 155 Å². The Morgan fingerprint density at radius 3 is 2.61 bits per heavy atom. The van der Waals surface area contributed by atoms with E-state index in [9.17, 15) is 4.79 Å². The van der Waals surface area contributed by atoms with Crippen molar-refractivity contribution in [3.05, 3.63) is 52.1 Å². The number of hydrogen-bond donors (Lipinski definition) is 1. The third-order valence-electron chi connectivity index (χ3n) is 3.10. The van der Waals surface area contributed by atoms with Crippen molar-refractivity contribution in [3.8, 4) is 5.75 Å². The Morgan fingerprint density at radius 1 is 1.17 bits per heavy atom. The van der Waals surface area contributed by atoms with E-state index in [1.54, 1.807) is 0 Å². The van der Waals surface area contributed by atoms with Gasteiger partial charge in [0.25, 0.3) is 5.91 Å². The number of carbonyl (C=O) groups is 1. The van der Waals surface area contributed by atoms with Crippen molar-refractivity contribution in [2.75, 3.05) is 17.7 Å². The van der Waals surface area contributed by atoms with Crippen LogP contribution in [0.3, 0.4) is 0 Å². The van der Waals surface area contributed by atoms with Gasteiger partial charge in [0.2, 0.25) is 0 Å². The second-order valence-electron chi connectivity index (χ2n) is 4.99. The van der Waals surface area contributed by atoms with Gasteiger partial charge >= 0.3 is 0 Å². The number of halogens is 1. The lowest BCUT2D eigenvalue weighted by Crippen LogP contribution is -2.20.